The molecule has 0 bridgehead atoms. The van der Waals surface area contributed by atoms with Gasteiger partial charge in [-0.25, -0.2) is 0 Å². The fourth-order valence-corrected chi connectivity index (χ4v) is 2.43. The minimum Gasteiger partial charge on any atom is -0.345 e. The van der Waals surface area contributed by atoms with E-state index >= 15 is 0 Å². The first-order chi connectivity index (χ1) is 9.24. The third kappa shape index (κ3) is 5.51. The molecule has 2 nitrogen and oxygen atoms in total. The number of halogens is 3. The molecule has 0 saturated carbocycles. The van der Waals surface area contributed by atoms with E-state index in [1.807, 2.05) is 38.1 Å². The minimum absolute atomic E-state index is 0.115. The van der Waals surface area contributed by atoms with Gasteiger partial charge in [0.2, 0.25) is 9.70 Å². The normalized spacial score (nSPS) is 13.3. The lowest BCUT2D eigenvalue weighted by molar-refractivity contribution is -0.122. The second-order valence-electron chi connectivity index (χ2n) is 5.24. The number of hydrogen-bond donors (Lipinski definition) is 1. The molecule has 0 radical (unpaired) electrons. The quantitative estimate of drug-likeness (QED) is 0.767. The van der Waals surface area contributed by atoms with Crippen LogP contribution < -0.4 is 5.32 Å². The largest absolute Gasteiger partial charge is 0.345 e. The molecule has 0 saturated heterocycles. The van der Waals surface area contributed by atoms with Gasteiger partial charge in [0.05, 0.1) is 0 Å². The number of benzene rings is 1. The van der Waals surface area contributed by atoms with Gasteiger partial charge in [0.25, 0.3) is 0 Å². The van der Waals surface area contributed by atoms with Crippen molar-refractivity contribution in [3.63, 3.8) is 0 Å². The summed E-state index contributed by atoms with van der Waals surface area (Å²) in [6, 6.07) is 7.09. The second-order valence-corrected chi connectivity index (χ2v) is 7.60. The van der Waals surface area contributed by atoms with Gasteiger partial charge in [0.15, 0.2) is 0 Å². The van der Waals surface area contributed by atoms with Crippen LogP contribution in [0.4, 0.5) is 0 Å². The lowest BCUT2D eigenvalue weighted by atomic mass is 10.0. The molecule has 20 heavy (non-hydrogen) atoms. The molecule has 1 unspecified atom stereocenters. The summed E-state index contributed by atoms with van der Waals surface area (Å²) in [5.74, 6) is 0.143. The Morgan fingerprint density at radius 1 is 1.20 bits per heavy atom. The zero-order valence-electron chi connectivity index (χ0n) is 11.9. The van der Waals surface area contributed by atoms with Gasteiger partial charge in [0.1, 0.15) is 6.04 Å². The molecule has 0 spiro atoms. The number of alkyl halides is 3. The van der Waals surface area contributed by atoms with Crippen molar-refractivity contribution in [2.24, 2.45) is 5.92 Å². The number of aryl methyl sites for hydroxylation is 1. The van der Waals surface area contributed by atoms with Crippen molar-refractivity contribution in [1.29, 1.82) is 0 Å². The minimum atomic E-state index is -1.58. The molecule has 1 rings (SSSR count). The maximum absolute atomic E-state index is 11.9. The Morgan fingerprint density at radius 3 is 2.15 bits per heavy atom. The van der Waals surface area contributed by atoms with Crippen LogP contribution in [-0.4, -0.2) is 9.70 Å². The average Bonchev–Trinajstić information content (AvgIpc) is 2.34. The van der Waals surface area contributed by atoms with Crippen molar-refractivity contribution < 1.29 is 4.79 Å². The van der Waals surface area contributed by atoms with Crippen molar-refractivity contribution in [2.75, 3.05) is 0 Å². The zero-order valence-corrected chi connectivity index (χ0v) is 14.2. The van der Waals surface area contributed by atoms with E-state index in [9.17, 15) is 4.79 Å². The average molecular weight is 337 g/mol. The van der Waals surface area contributed by atoms with Crippen LogP contribution in [0.3, 0.4) is 0 Å². The highest BCUT2D eigenvalue weighted by Gasteiger charge is 2.35. The summed E-state index contributed by atoms with van der Waals surface area (Å²) in [6.07, 6.45) is 1.35. The van der Waals surface area contributed by atoms with E-state index in [-0.39, 0.29) is 11.8 Å². The molecule has 112 valence electrons. The Kier molecular flexibility index (Phi) is 6.63. The van der Waals surface area contributed by atoms with E-state index in [4.69, 9.17) is 34.8 Å². The maximum Gasteiger partial charge on any atom is 0.220 e. The second kappa shape index (κ2) is 7.53. The summed E-state index contributed by atoms with van der Waals surface area (Å²) in [7, 11) is 0. The number of carbonyl (C=O) groups is 1. The van der Waals surface area contributed by atoms with Crippen LogP contribution in [0, 0.1) is 5.92 Å². The van der Waals surface area contributed by atoms with Crippen molar-refractivity contribution >= 4 is 40.7 Å². The van der Waals surface area contributed by atoms with Crippen LogP contribution in [0.15, 0.2) is 24.3 Å². The van der Waals surface area contributed by atoms with E-state index in [1.165, 1.54) is 5.56 Å². The van der Waals surface area contributed by atoms with Gasteiger partial charge in [-0.1, -0.05) is 79.8 Å². The molecular formula is C15H20Cl3NO. The SMILES string of the molecule is CCc1ccc(C(NC(=O)CC(C)C)C(Cl)(Cl)Cl)cc1. The smallest absolute Gasteiger partial charge is 0.220 e. The van der Waals surface area contributed by atoms with E-state index in [0.717, 1.165) is 12.0 Å². The Balaban J connectivity index is 2.91. The number of carbonyl (C=O) groups excluding carboxylic acids is 1. The van der Waals surface area contributed by atoms with Crippen LogP contribution in [-0.2, 0) is 11.2 Å². The summed E-state index contributed by atoms with van der Waals surface area (Å²) in [5, 5.41) is 2.81. The van der Waals surface area contributed by atoms with Gasteiger partial charge in [-0.15, -0.1) is 0 Å². The van der Waals surface area contributed by atoms with Crippen LogP contribution in [0.5, 0.6) is 0 Å². The molecule has 1 atom stereocenters. The molecule has 0 aromatic heterocycles. The molecule has 0 aliphatic rings. The van der Waals surface area contributed by atoms with Crippen molar-refractivity contribution in [3.8, 4) is 0 Å². The monoisotopic (exact) mass is 335 g/mol. The zero-order chi connectivity index (χ0) is 15.3. The maximum atomic E-state index is 11.9. The van der Waals surface area contributed by atoms with E-state index in [1.54, 1.807) is 0 Å². The standard InChI is InChI=1S/C15H20Cl3NO/c1-4-11-5-7-12(8-6-11)14(15(16,17)18)19-13(20)9-10(2)3/h5-8,10,14H,4,9H2,1-3H3,(H,19,20). The topological polar surface area (TPSA) is 29.1 Å². The van der Waals surface area contributed by atoms with Crippen LogP contribution >= 0.6 is 34.8 Å². The lowest BCUT2D eigenvalue weighted by Crippen LogP contribution is -2.36. The summed E-state index contributed by atoms with van der Waals surface area (Å²) < 4.78 is -1.58. The number of rotatable bonds is 5. The first kappa shape index (κ1) is 17.6. The van der Waals surface area contributed by atoms with Gasteiger partial charge < -0.3 is 5.32 Å². The predicted octanol–water partition coefficient (Wildman–Crippen LogP) is 4.82. The van der Waals surface area contributed by atoms with Crippen LogP contribution in [0.1, 0.15) is 44.4 Å². The summed E-state index contributed by atoms with van der Waals surface area (Å²) in [5.41, 5.74) is 1.99. The van der Waals surface area contributed by atoms with Crippen LogP contribution in [0.2, 0.25) is 0 Å². The molecule has 1 amide bonds. The Hall–Kier alpha value is -0.440. The fraction of sp³-hybridized carbons (Fsp3) is 0.533. The highest BCUT2D eigenvalue weighted by Crippen LogP contribution is 2.40. The van der Waals surface area contributed by atoms with Crippen molar-refractivity contribution in [3.05, 3.63) is 35.4 Å². The predicted molar refractivity (Wildman–Crippen MR) is 86.4 cm³/mol. The Morgan fingerprint density at radius 2 is 1.75 bits per heavy atom. The number of amides is 1. The molecule has 1 aromatic carbocycles. The molecule has 0 heterocycles. The van der Waals surface area contributed by atoms with Gasteiger partial charge in [-0.3, -0.25) is 4.79 Å². The molecule has 0 aliphatic heterocycles. The number of hydrogen-bond acceptors (Lipinski definition) is 1. The van der Waals surface area contributed by atoms with E-state index in [2.05, 4.69) is 12.2 Å². The highest BCUT2D eigenvalue weighted by atomic mass is 35.6. The first-order valence-corrected chi connectivity index (χ1v) is 7.82. The fourth-order valence-electron chi connectivity index (χ4n) is 1.89. The highest BCUT2D eigenvalue weighted by molar-refractivity contribution is 6.68. The molecule has 0 aliphatic carbocycles. The van der Waals surface area contributed by atoms with Gasteiger partial charge in [-0.2, -0.15) is 0 Å². The third-order valence-electron chi connectivity index (χ3n) is 2.95. The van der Waals surface area contributed by atoms with Gasteiger partial charge in [-0.05, 0) is 23.5 Å². The Labute approximate surface area is 135 Å². The number of nitrogens with one attached hydrogen (secondary N) is 1. The van der Waals surface area contributed by atoms with Crippen molar-refractivity contribution in [2.45, 2.75) is 43.4 Å². The van der Waals surface area contributed by atoms with Gasteiger partial charge >= 0.3 is 0 Å². The van der Waals surface area contributed by atoms with E-state index in [0.29, 0.717) is 6.42 Å². The molecule has 1 aromatic rings. The molecule has 5 heteroatoms. The molecular weight excluding hydrogens is 317 g/mol. The van der Waals surface area contributed by atoms with E-state index < -0.39 is 9.83 Å². The molecule has 0 fully saturated rings. The van der Waals surface area contributed by atoms with Gasteiger partial charge in [0, 0.05) is 6.42 Å². The third-order valence-corrected chi connectivity index (χ3v) is 3.60. The summed E-state index contributed by atoms with van der Waals surface area (Å²) in [6.45, 7) is 6.02. The van der Waals surface area contributed by atoms with Crippen molar-refractivity contribution in [1.82, 2.24) is 5.32 Å². The summed E-state index contributed by atoms with van der Waals surface area (Å²) in [4.78, 5) is 11.9. The lowest BCUT2D eigenvalue weighted by Gasteiger charge is -2.26. The summed E-state index contributed by atoms with van der Waals surface area (Å²) >= 11 is 18.0. The van der Waals surface area contributed by atoms with Crippen LogP contribution in [0.25, 0.3) is 0 Å². The first-order valence-electron chi connectivity index (χ1n) is 6.69. The molecule has 1 N–H and O–H groups in total. The Bertz CT molecular complexity index is 437.